The second kappa shape index (κ2) is 7.58. The molecule has 3 rings (SSSR count). The summed E-state index contributed by atoms with van der Waals surface area (Å²) in [5.74, 6) is -2.98. The highest BCUT2D eigenvalue weighted by Gasteiger charge is 2.18. The average Bonchev–Trinajstić information content (AvgIpc) is 2.66. The lowest BCUT2D eigenvalue weighted by atomic mass is 10.2. The van der Waals surface area contributed by atoms with Crippen LogP contribution in [0.4, 0.5) is 19.0 Å². The molecule has 0 saturated heterocycles. The van der Waals surface area contributed by atoms with Crippen LogP contribution in [0.1, 0.15) is 5.56 Å². The van der Waals surface area contributed by atoms with Crippen LogP contribution >= 0.6 is 0 Å². The number of anilines is 1. The summed E-state index contributed by atoms with van der Waals surface area (Å²) in [5, 5.41) is 9.27. The Balaban J connectivity index is 1.90. The Morgan fingerprint density at radius 3 is 2.32 bits per heavy atom. The van der Waals surface area contributed by atoms with Crippen molar-refractivity contribution in [1.29, 1.82) is 5.26 Å². The molecule has 2 aromatic carbocycles. The summed E-state index contributed by atoms with van der Waals surface area (Å²) in [6, 6.07) is 9.84. The number of nitrogens with one attached hydrogen (secondary N) is 1. The van der Waals surface area contributed by atoms with E-state index in [9.17, 15) is 26.9 Å². The van der Waals surface area contributed by atoms with Gasteiger partial charge in [0.05, 0.1) is 16.7 Å². The Labute approximate surface area is 157 Å². The summed E-state index contributed by atoms with van der Waals surface area (Å²) in [5.41, 5.74) is -0.196. The Morgan fingerprint density at radius 1 is 0.964 bits per heavy atom. The lowest BCUT2D eigenvalue weighted by Crippen LogP contribution is -2.14. The predicted octanol–water partition coefficient (Wildman–Crippen LogP) is 3.96. The molecule has 0 spiro atoms. The van der Waals surface area contributed by atoms with Gasteiger partial charge in [-0.1, -0.05) is 0 Å². The van der Waals surface area contributed by atoms with Gasteiger partial charge in [0.15, 0.2) is 11.6 Å². The van der Waals surface area contributed by atoms with E-state index >= 15 is 0 Å². The monoisotopic (exact) mass is 405 g/mol. The van der Waals surface area contributed by atoms with Gasteiger partial charge in [-0.05, 0) is 42.5 Å². The van der Waals surface area contributed by atoms with Crippen molar-refractivity contribution in [3.8, 4) is 17.6 Å². The second-order valence-electron chi connectivity index (χ2n) is 5.41. The summed E-state index contributed by atoms with van der Waals surface area (Å²) < 4.78 is 71.8. The minimum atomic E-state index is -4.13. The van der Waals surface area contributed by atoms with E-state index in [-0.39, 0.29) is 27.8 Å². The summed E-state index contributed by atoms with van der Waals surface area (Å²) in [6.07, 6.45) is 0.840. The standard InChI is InChI=1S/C18H10F3N3O3S/c19-12-1-4-17(15(21)8-12)27-16-5-3-14(7-11(16)9-22)28(25,26)24-18-6-2-13(20)10-23-18/h1-8,10H,(H,23,24). The minimum absolute atomic E-state index is 0.117. The predicted molar refractivity (Wildman–Crippen MR) is 92.6 cm³/mol. The van der Waals surface area contributed by atoms with E-state index in [1.54, 1.807) is 6.07 Å². The molecule has 0 aliphatic carbocycles. The van der Waals surface area contributed by atoms with E-state index in [0.717, 1.165) is 48.7 Å². The topological polar surface area (TPSA) is 92.1 Å². The third-order valence-electron chi connectivity index (χ3n) is 3.46. The van der Waals surface area contributed by atoms with Gasteiger partial charge in [0.1, 0.15) is 29.3 Å². The van der Waals surface area contributed by atoms with E-state index < -0.39 is 27.5 Å². The number of sulfonamides is 1. The van der Waals surface area contributed by atoms with Crippen molar-refractivity contribution in [2.24, 2.45) is 0 Å². The highest BCUT2D eigenvalue weighted by atomic mass is 32.2. The fourth-order valence-corrected chi connectivity index (χ4v) is 3.20. The fraction of sp³-hybridized carbons (Fsp3) is 0. The summed E-state index contributed by atoms with van der Waals surface area (Å²) >= 11 is 0. The SMILES string of the molecule is N#Cc1cc(S(=O)(=O)Nc2ccc(F)cn2)ccc1Oc1ccc(F)cc1F. The molecule has 10 heteroatoms. The maximum Gasteiger partial charge on any atom is 0.263 e. The molecule has 0 bridgehead atoms. The van der Waals surface area contributed by atoms with Crippen molar-refractivity contribution in [3.63, 3.8) is 0 Å². The maximum absolute atomic E-state index is 13.7. The molecule has 0 fully saturated rings. The smallest absolute Gasteiger partial charge is 0.263 e. The van der Waals surface area contributed by atoms with E-state index in [2.05, 4.69) is 9.71 Å². The minimum Gasteiger partial charge on any atom is -0.453 e. The van der Waals surface area contributed by atoms with Crippen LogP contribution in [-0.2, 0) is 10.0 Å². The zero-order valence-corrected chi connectivity index (χ0v) is 14.7. The first kappa shape index (κ1) is 19.2. The number of hydrogen-bond donors (Lipinski definition) is 1. The Morgan fingerprint density at radius 2 is 1.68 bits per heavy atom. The number of aromatic nitrogens is 1. The molecule has 1 heterocycles. The van der Waals surface area contributed by atoms with Crippen LogP contribution in [-0.4, -0.2) is 13.4 Å². The molecule has 3 aromatic rings. The molecular formula is C18H10F3N3O3S. The van der Waals surface area contributed by atoms with Gasteiger partial charge in [-0.2, -0.15) is 5.26 Å². The largest absolute Gasteiger partial charge is 0.453 e. The molecule has 0 aliphatic heterocycles. The van der Waals surface area contributed by atoms with Crippen LogP contribution in [0, 0.1) is 28.8 Å². The zero-order valence-electron chi connectivity index (χ0n) is 13.9. The number of halogens is 3. The van der Waals surface area contributed by atoms with Crippen LogP contribution in [0.2, 0.25) is 0 Å². The number of nitriles is 1. The van der Waals surface area contributed by atoms with Gasteiger partial charge in [0, 0.05) is 6.07 Å². The molecule has 0 saturated carbocycles. The van der Waals surface area contributed by atoms with Gasteiger partial charge in [0.2, 0.25) is 0 Å². The molecule has 0 aliphatic rings. The van der Waals surface area contributed by atoms with Gasteiger partial charge in [-0.25, -0.2) is 26.6 Å². The highest BCUT2D eigenvalue weighted by molar-refractivity contribution is 7.92. The van der Waals surface area contributed by atoms with Gasteiger partial charge < -0.3 is 4.74 Å². The van der Waals surface area contributed by atoms with Crippen LogP contribution in [0.3, 0.4) is 0 Å². The van der Waals surface area contributed by atoms with Gasteiger partial charge in [-0.15, -0.1) is 0 Å². The van der Waals surface area contributed by atoms with Crippen LogP contribution in [0.15, 0.2) is 59.6 Å². The quantitative estimate of drug-likeness (QED) is 0.694. The lowest BCUT2D eigenvalue weighted by Gasteiger charge is -2.11. The zero-order chi connectivity index (χ0) is 20.3. The molecule has 6 nitrogen and oxygen atoms in total. The molecule has 28 heavy (non-hydrogen) atoms. The normalized spacial score (nSPS) is 10.9. The van der Waals surface area contributed by atoms with Crippen molar-refractivity contribution in [1.82, 2.24) is 4.98 Å². The maximum atomic E-state index is 13.7. The van der Waals surface area contributed by atoms with Crippen molar-refractivity contribution in [2.75, 3.05) is 4.72 Å². The van der Waals surface area contributed by atoms with Crippen molar-refractivity contribution < 1.29 is 26.3 Å². The number of pyridine rings is 1. The lowest BCUT2D eigenvalue weighted by molar-refractivity contribution is 0.436. The van der Waals surface area contributed by atoms with Crippen LogP contribution in [0.5, 0.6) is 11.5 Å². The summed E-state index contributed by atoms with van der Waals surface area (Å²) in [7, 11) is -4.13. The molecule has 0 amide bonds. The fourth-order valence-electron chi connectivity index (χ4n) is 2.16. The van der Waals surface area contributed by atoms with Gasteiger partial charge in [-0.3, -0.25) is 4.72 Å². The summed E-state index contributed by atoms with van der Waals surface area (Å²) in [4.78, 5) is 3.30. The van der Waals surface area contributed by atoms with E-state index in [1.165, 1.54) is 0 Å². The Hall–Kier alpha value is -3.58. The molecule has 0 unspecified atom stereocenters. The van der Waals surface area contributed by atoms with E-state index in [1.807, 2.05) is 0 Å². The summed E-state index contributed by atoms with van der Waals surface area (Å²) in [6.45, 7) is 0. The van der Waals surface area contributed by atoms with Gasteiger partial charge >= 0.3 is 0 Å². The van der Waals surface area contributed by atoms with E-state index in [0.29, 0.717) is 6.07 Å². The highest BCUT2D eigenvalue weighted by Crippen LogP contribution is 2.29. The number of rotatable bonds is 5. The Bertz CT molecular complexity index is 1180. The molecule has 0 radical (unpaired) electrons. The van der Waals surface area contributed by atoms with Crippen LogP contribution in [0.25, 0.3) is 0 Å². The number of hydrogen-bond acceptors (Lipinski definition) is 5. The molecular weight excluding hydrogens is 395 g/mol. The number of nitrogens with zero attached hydrogens (tertiary/aromatic N) is 2. The van der Waals surface area contributed by atoms with E-state index in [4.69, 9.17) is 4.74 Å². The first-order chi connectivity index (χ1) is 13.3. The molecule has 1 aromatic heterocycles. The molecule has 1 N–H and O–H groups in total. The number of benzene rings is 2. The third kappa shape index (κ3) is 4.21. The first-order valence-electron chi connectivity index (χ1n) is 7.60. The number of ether oxygens (including phenoxy) is 1. The average molecular weight is 405 g/mol. The van der Waals surface area contributed by atoms with Gasteiger partial charge in [0.25, 0.3) is 10.0 Å². The Kier molecular flexibility index (Phi) is 5.19. The molecule has 142 valence electrons. The second-order valence-corrected chi connectivity index (χ2v) is 7.10. The molecule has 0 atom stereocenters. The first-order valence-corrected chi connectivity index (χ1v) is 9.08. The van der Waals surface area contributed by atoms with Crippen LogP contribution < -0.4 is 9.46 Å². The third-order valence-corrected chi connectivity index (χ3v) is 4.81. The van der Waals surface area contributed by atoms with Crippen molar-refractivity contribution in [2.45, 2.75) is 4.90 Å². The van der Waals surface area contributed by atoms with Crippen molar-refractivity contribution >= 4 is 15.8 Å². The van der Waals surface area contributed by atoms with Crippen molar-refractivity contribution in [3.05, 3.63) is 77.7 Å².